The highest BCUT2D eigenvalue weighted by atomic mass is 16.7. The molecular weight excluding hydrogens is 448 g/mol. The first-order valence-electron chi connectivity index (χ1n) is 11.7. The number of hydrogen-bond acceptors (Lipinski definition) is 7. The van der Waals surface area contributed by atoms with Crippen LogP contribution in [0.2, 0.25) is 0 Å². The number of methoxy groups -OCH3 is 2. The first kappa shape index (κ1) is 22.9. The zero-order valence-corrected chi connectivity index (χ0v) is 19.9. The van der Waals surface area contributed by atoms with Crippen LogP contribution in [-0.2, 0) is 9.53 Å². The molecule has 35 heavy (non-hydrogen) atoms. The Morgan fingerprint density at radius 1 is 0.914 bits per heavy atom. The summed E-state index contributed by atoms with van der Waals surface area (Å²) in [6, 6.07) is 16.8. The summed E-state index contributed by atoms with van der Waals surface area (Å²) < 4.78 is 27.6. The lowest BCUT2D eigenvalue weighted by Crippen LogP contribution is -2.25. The number of phenolic OH excluding ortho intramolecular Hbond substituents is 1. The van der Waals surface area contributed by atoms with Gasteiger partial charge in [0.2, 0.25) is 6.79 Å². The molecule has 1 aliphatic heterocycles. The Balaban J connectivity index is 1.70. The normalized spacial score (nSPS) is 19.8. The van der Waals surface area contributed by atoms with Crippen LogP contribution in [0.3, 0.4) is 0 Å². The summed E-state index contributed by atoms with van der Waals surface area (Å²) in [4.78, 5) is 13.4. The standard InChI is InChI=1S/C28H28O7/c1-4-11-33-18-7-8-19-21(13-18)26(20-9-6-17(31-2)14-22(20)29)27(28(30)32-3)25(19)16-5-10-23-24(12-16)35-15-34-23/h5-10,12-14,25-27,29H,4,11,15H2,1-3H3/t25?,26-,27-/m1/s1. The van der Waals surface area contributed by atoms with Crippen molar-refractivity contribution in [1.82, 2.24) is 0 Å². The molecule has 182 valence electrons. The van der Waals surface area contributed by atoms with Gasteiger partial charge in [0.1, 0.15) is 17.2 Å². The summed E-state index contributed by atoms with van der Waals surface area (Å²) in [6.45, 7) is 2.80. The Morgan fingerprint density at radius 3 is 2.43 bits per heavy atom. The molecule has 0 radical (unpaired) electrons. The number of fused-ring (bicyclic) bond motifs is 2. The number of benzene rings is 3. The van der Waals surface area contributed by atoms with Gasteiger partial charge in [0.05, 0.1) is 26.7 Å². The highest BCUT2D eigenvalue weighted by Crippen LogP contribution is 2.56. The quantitative estimate of drug-likeness (QED) is 0.481. The van der Waals surface area contributed by atoms with Gasteiger partial charge in [0, 0.05) is 23.5 Å². The van der Waals surface area contributed by atoms with E-state index in [0.29, 0.717) is 29.4 Å². The Labute approximate surface area is 204 Å². The molecule has 2 aliphatic rings. The van der Waals surface area contributed by atoms with Crippen LogP contribution in [0.4, 0.5) is 0 Å². The Kier molecular flexibility index (Phi) is 6.16. The number of aromatic hydroxyl groups is 1. The third-order valence-corrected chi connectivity index (χ3v) is 6.72. The SMILES string of the molecule is CCCOc1ccc2c(c1)[C@@H](c1ccc(OC)cc1O)[C@H](C(=O)OC)C2c1ccc2c(c1)OCO2. The minimum Gasteiger partial charge on any atom is -0.508 e. The van der Waals surface area contributed by atoms with E-state index in [1.807, 2.05) is 36.4 Å². The first-order valence-corrected chi connectivity index (χ1v) is 11.7. The molecule has 1 unspecified atom stereocenters. The summed E-state index contributed by atoms with van der Waals surface area (Å²) in [5.74, 6) is 0.879. The molecule has 0 amide bonds. The van der Waals surface area contributed by atoms with Crippen molar-refractivity contribution in [2.75, 3.05) is 27.6 Å². The number of carbonyl (C=O) groups excluding carboxylic acids is 1. The van der Waals surface area contributed by atoms with Crippen molar-refractivity contribution in [3.05, 3.63) is 76.9 Å². The molecule has 0 saturated heterocycles. The highest BCUT2D eigenvalue weighted by Gasteiger charge is 2.48. The van der Waals surface area contributed by atoms with E-state index in [4.69, 9.17) is 23.7 Å². The molecule has 0 spiro atoms. The highest BCUT2D eigenvalue weighted by molar-refractivity contribution is 5.80. The van der Waals surface area contributed by atoms with Crippen molar-refractivity contribution < 1.29 is 33.6 Å². The van der Waals surface area contributed by atoms with Gasteiger partial charge in [0.15, 0.2) is 11.5 Å². The smallest absolute Gasteiger partial charge is 0.310 e. The lowest BCUT2D eigenvalue weighted by Gasteiger charge is -2.25. The summed E-state index contributed by atoms with van der Waals surface area (Å²) >= 11 is 0. The number of carbonyl (C=O) groups is 1. The second-order valence-corrected chi connectivity index (χ2v) is 8.68. The zero-order chi connectivity index (χ0) is 24.5. The number of ether oxygens (including phenoxy) is 5. The minimum absolute atomic E-state index is 0.0559. The van der Waals surface area contributed by atoms with Crippen LogP contribution in [0.25, 0.3) is 0 Å². The van der Waals surface area contributed by atoms with Crippen LogP contribution in [0, 0.1) is 5.92 Å². The molecule has 0 aromatic heterocycles. The monoisotopic (exact) mass is 476 g/mol. The molecule has 7 nitrogen and oxygen atoms in total. The number of hydrogen-bond donors (Lipinski definition) is 1. The van der Waals surface area contributed by atoms with Gasteiger partial charge < -0.3 is 28.8 Å². The van der Waals surface area contributed by atoms with Crippen LogP contribution in [0.15, 0.2) is 54.6 Å². The maximum absolute atomic E-state index is 13.4. The maximum atomic E-state index is 13.4. The first-order chi connectivity index (χ1) is 17.0. The fourth-order valence-corrected chi connectivity index (χ4v) is 5.17. The average Bonchev–Trinajstić information content (AvgIpc) is 3.48. The van der Waals surface area contributed by atoms with Crippen molar-refractivity contribution in [2.45, 2.75) is 25.2 Å². The van der Waals surface area contributed by atoms with Gasteiger partial charge in [-0.05, 0) is 53.4 Å². The van der Waals surface area contributed by atoms with Crippen LogP contribution in [0.1, 0.15) is 47.4 Å². The molecule has 1 aliphatic carbocycles. The van der Waals surface area contributed by atoms with Crippen molar-refractivity contribution in [2.24, 2.45) is 5.92 Å². The van der Waals surface area contributed by atoms with E-state index in [1.165, 1.54) is 7.11 Å². The molecule has 3 atom stereocenters. The molecule has 1 heterocycles. The number of rotatable bonds is 7. The Bertz CT molecular complexity index is 1250. The minimum atomic E-state index is -0.615. The molecule has 1 N–H and O–H groups in total. The van der Waals surface area contributed by atoms with Gasteiger partial charge in [-0.1, -0.05) is 25.1 Å². The molecule has 3 aromatic carbocycles. The van der Waals surface area contributed by atoms with Crippen LogP contribution < -0.4 is 18.9 Å². The van der Waals surface area contributed by atoms with Crippen molar-refractivity contribution in [3.63, 3.8) is 0 Å². The van der Waals surface area contributed by atoms with Gasteiger partial charge in [-0.15, -0.1) is 0 Å². The topological polar surface area (TPSA) is 83.5 Å². The van der Waals surface area contributed by atoms with E-state index in [1.54, 1.807) is 25.3 Å². The summed E-state index contributed by atoms with van der Waals surface area (Å²) in [7, 11) is 2.94. The van der Waals surface area contributed by atoms with Crippen LogP contribution in [-0.4, -0.2) is 38.7 Å². The predicted octanol–water partition coefficient (Wildman–Crippen LogP) is 4.98. The fraction of sp³-hybridized carbons (Fsp3) is 0.321. The molecule has 0 fully saturated rings. The van der Waals surface area contributed by atoms with E-state index < -0.39 is 11.8 Å². The van der Waals surface area contributed by atoms with Crippen LogP contribution in [0.5, 0.6) is 28.7 Å². The number of phenols is 1. The van der Waals surface area contributed by atoms with Crippen molar-refractivity contribution >= 4 is 5.97 Å². The van der Waals surface area contributed by atoms with E-state index in [-0.39, 0.29) is 24.4 Å². The Morgan fingerprint density at radius 2 is 1.69 bits per heavy atom. The van der Waals surface area contributed by atoms with E-state index in [0.717, 1.165) is 28.9 Å². The van der Waals surface area contributed by atoms with E-state index in [9.17, 15) is 9.90 Å². The summed E-state index contributed by atoms with van der Waals surface area (Å²) in [5.41, 5.74) is 3.42. The lowest BCUT2D eigenvalue weighted by atomic mass is 9.79. The fourth-order valence-electron chi connectivity index (χ4n) is 5.17. The molecular formula is C28H28O7. The predicted molar refractivity (Wildman–Crippen MR) is 129 cm³/mol. The third kappa shape index (κ3) is 4.01. The molecule has 5 rings (SSSR count). The van der Waals surface area contributed by atoms with E-state index >= 15 is 0 Å². The molecule has 3 aromatic rings. The molecule has 0 bridgehead atoms. The van der Waals surface area contributed by atoms with Gasteiger partial charge in [-0.25, -0.2) is 0 Å². The van der Waals surface area contributed by atoms with E-state index in [2.05, 4.69) is 6.92 Å². The van der Waals surface area contributed by atoms with Crippen molar-refractivity contribution in [1.29, 1.82) is 0 Å². The van der Waals surface area contributed by atoms with Gasteiger partial charge in [-0.2, -0.15) is 0 Å². The zero-order valence-electron chi connectivity index (χ0n) is 19.9. The summed E-state index contributed by atoms with van der Waals surface area (Å²) in [5, 5.41) is 11.0. The number of esters is 1. The Hall–Kier alpha value is -3.87. The summed E-state index contributed by atoms with van der Waals surface area (Å²) in [6.07, 6.45) is 0.879. The molecule has 7 heteroatoms. The van der Waals surface area contributed by atoms with Crippen molar-refractivity contribution in [3.8, 4) is 28.7 Å². The average molecular weight is 477 g/mol. The van der Waals surface area contributed by atoms with Crippen LogP contribution >= 0.6 is 0 Å². The molecule has 0 saturated carbocycles. The third-order valence-electron chi connectivity index (χ3n) is 6.72. The van der Waals surface area contributed by atoms with Gasteiger partial charge in [0.25, 0.3) is 0 Å². The second kappa shape index (κ2) is 9.41. The second-order valence-electron chi connectivity index (χ2n) is 8.68. The van der Waals surface area contributed by atoms with Gasteiger partial charge >= 0.3 is 5.97 Å². The maximum Gasteiger partial charge on any atom is 0.310 e. The lowest BCUT2D eigenvalue weighted by molar-refractivity contribution is -0.146. The van der Waals surface area contributed by atoms with Gasteiger partial charge in [-0.3, -0.25) is 4.79 Å². The largest absolute Gasteiger partial charge is 0.508 e.